The Morgan fingerprint density at radius 2 is 1.90 bits per heavy atom. The molecule has 7 heteroatoms. The van der Waals surface area contributed by atoms with Gasteiger partial charge < -0.3 is 4.98 Å². The molecule has 0 atom stereocenters. The monoisotopic (exact) mass is 386 g/mol. The van der Waals surface area contributed by atoms with Gasteiger partial charge in [-0.05, 0) is 68.2 Å². The largest absolute Gasteiger partial charge is 0.304 e. The van der Waals surface area contributed by atoms with E-state index in [0.29, 0.717) is 28.5 Å². The van der Waals surface area contributed by atoms with Gasteiger partial charge in [0.2, 0.25) is 0 Å². The van der Waals surface area contributed by atoms with Gasteiger partial charge in [0.15, 0.2) is 11.5 Å². The van der Waals surface area contributed by atoms with Crippen LogP contribution in [0, 0.1) is 13.8 Å². The van der Waals surface area contributed by atoms with E-state index in [-0.39, 0.29) is 5.56 Å². The first-order chi connectivity index (χ1) is 14.1. The summed E-state index contributed by atoms with van der Waals surface area (Å²) in [5.74, 6) is 1.19. The van der Waals surface area contributed by atoms with Crippen molar-refractivity contribution in [3.63, 3.8) is 0 Å². The highest BCUT2D eigenvalue weighted by atomic mass is 16.1. The summed E-state index contributed by atoms with van der Waals surface area (Å²) in [6.07, 6.45) is 6.48. The molecule has 4 heterocycles. The average Bonchev–Trinajstić information content (AvgIpc) is 3.09. The zero-order valence-corrected chi connectivity index (χ0v) is 16.6. The van der Waals surface area contributed by atoms with Crippen molar-refractivity contribution in [1.29, 1.82) is 0 Å². The minimum absolute atomic E-state index is 0.186. The van der Waals surface area contributed by atoms with E-state index in [4.69, 9.17) is 0 Å². The predicted octanol–water partition coefficient (Wildman–Crippen LogP) is 3.41. The molecular weight excluding hydrogens is 364 g/mol. The number of rotatable bonds is 3. The maximum Gasteiger partial charge on any atom is 0.262 e. The first kappa shape index (κ1) is 16.7. The highest BCUT2D eigenvalue weighted by Crippen LogP contribution is 2.41. The molecule has 1 fully saturated rings. The van der Waals surface area contributed by atoms with E-state index in [1.165, 1.54) is 35.2 Å². The molecule has 29 heavy (non-hydrogen) atoms. The SMILES string of the molecule is Cc1cc(C2CC2)cc(C)c1-n1cc2c(=O)[nH]c(-c3cc4n(n3)CCC4)nc2n1. The summed E-state index contributed by atoms with van der Waals surface area (Å²) in [6, 6.07) is 6.52. The molecule has 0 unspecified atom stereocenters. The maximum absolute atomic E-state index is 12.7. The zero-order valence-electron chi connectivity index (χ0n) is 16.6. The van der Waals surface area contributed by atoms with E-state index in [2.05, 4.69) is 46.1 Å². The molecule has 6 rings (SSSR count). The van der Waals surface area contributed by atoms with Gasteiger partial charge in [-0.2, -0.15) is 5.10 Å². The highest BCUT2D eigenvalue weighted by Gasteiger charge is 2.25. The van der Waals surface area contributed by atoms with Crippen molar-refractivity contribution in [2.24, 2.45) is 0 Å². The highest BCUT2D eigenvalue weighted by molar-refractivity contribution is 5.75. The zero-order chi connectivity index (χ0) is 19.7. The van der Waals surface area contributed by atoms with Crippen LogP contribution in [0.2, 0.25) is 0 Å². The number of hydrogen-bond donors (Lipinski definition) is 1. The molecule has 1 N–H and O–H groups in total. The first-order valence-electron chi connectivity index (χ1n) is 10.2. The average molecular weight is 386 g/mol. The second-order valence-electron chi connectivity index (χ2n) is 8.35. The van der Waals surface area contributed by atoms with Crippen LogP contribution in [0.25, 0.3) is 28.2 Å². The minimum atomic E-state index is -0.186. The smallest absolute Gasteiger partial charge is 0.262 e. The molecule has 1 aliphatic heterocycles. The minimum Gasteiger partial charge on any atom is -0.304 e. The Labute approximate surface area is 167 Å². The second kappa shape index (κ2) is 5.89. The van der Waals surface area contributed by atoms with E-state index in [0.717, 1.165) is 25.1 Å². The molecule has 2 aliphatic rings. The molecule has 0 spiro atoms. The standard InChI is InChI=1S/C22H22N6O/c1-12-8-15(14-5-6-14)9-13(2)19(12)28-11-17-20(26-28)23-21(24-22(17)29)18-10-16-4-3-7-27(16)25-18/h8-11,14H,3-7H2,1-2H3,(H,23,24,26,29). The lowest BCUT2D eigenvalue weighted by Crippen LogP contribution is -2.09. The molecule has 3 aromatic heterocycles. The number of fused-ring (bicyclic) bond motifs is 2. The molecule has 1 aliphatic carbocycles. The third kappa shape index (κ3) is 2.64. The fourth-order valence-corrected chi connectivity index (χ4v) is 4.53. The van der Waals surface area contributed by atoms with Crippen LogP contribution in [0.1, 0.15) is 47.6 Å². The summed E-state index contributed by atoms with van der Waals surface area (Å²) in [5.41, 5.74) is 6.92. The molecule has 7 nitrogen and oxygen atoms in total. The van der Waals surface area contributed by atoms with Gasteiger partial charge in [-0.15, -0.1) is 5.10 Å². The number of nitrogens with zero attached hydrogens (tertiary/aromatic N) is 5. The molecule has 146 valence electrons. The number of aromatic nitrogens is 6. The molecular formula is C22H22N6O. The fraction of sp³-hybridized carbons (Fsp3) is 0.364. The Morgan fingerprint density at radius 3 is 2.62 bits per heavy atom. The maximum atomic E-state index is 12.7. The van der Waals surface area contributed by atoms with Gasteiger partial charge in [-0.25, -0.2) is 9.67 Å². The summed E-state index contributed by atoms with van der Waals surface area (Å²) in [5, 5.41) is 9.73. The van der Waals surface area contributed by atoms with Crippen LogP contribution in [0.5, 0.6) is 0 Å². The van der Waals surface area contributed by atoms with Crippen molar-refractivity contribution in [2.75, 3.05) is 0 Å². The Balaban J connectivity index is 1.46. The van der Waals surface area contributed by atoms with Gasteiger partial charge in [-0.1, -0.05) is 12.1 Å². The molecule has 0 radical (unpaired) electrons. The van der Waals surface area contributed by atoms with E-state index >= 15 is 0 Å². The van der Waals surface area contributed by atoms with Crippen molar-refractivity contribution in [2.45, 2.75) is 52.0 Å². The van der Waals surface area contributed by atoms with Crippen LogP contribution in [-0.4, -0.2) is 29.5 Å². The third-order valence-corrected chi connectivity index (χ3v) is 6.09. The van der Waals surface area contributed by atoms with Crippen molar-refractivity contribution in [3.8, 4) is 17.2 Å². The summed E-state index contributed by atoms with van der Waals surface area (Å²) in [4.78, 5) is 20.2. The topological polar surface area (TPSA) is 81.4 Å². The fourth-order valence-electron chi connectivity index (χ4n) is 4.53. The van der Waals surface area contributed by atoms with Crippen LogP contribution in [0.4, 0.5) is 0 Å². The van der Waals surface area contributed by atoms with E-state index < -0.39 is 0 Å². The summed E-state index contributed by atoms with van der Waals surface area (Å²) in [7, 11) is 0. The number of hydrogen-bond acceptors (Lipinski definition) is 4. The molecule has 1 saturated carbocycles. The lowest BCUT2D eigenvalue weighted by Gasteiger charge is -2.12. The third-order valence-electron chi connectivity index (χ3n) is 6.09. The van der Waals surface area contributed by atoms with E-state index in [1.807, 2.05) is 10.7 Å². The second-order valence-corrected chi connectivity index (χ2v) is 8.35. The van der Waals surface area contributed by atoms with Crippen LogP contribution in [0.15, 0.2) is 29.2 Å². The summed E-state index contributed by atoms with van der Waals surface area (Å²) >= 11 is 0. The van der Waals surface area contributed by atoms with Crippen LogP contribution in [-0.2, 0) is 13.0 Å². The Morgan fingerprint density at radius 1 is 1.10 bits per heavy atom. The number of aryl methyl sites for hydroxylation is 4. The lowest BCUT2D eigenvalue weighted by atomic mass is 10.0. The van der Waals surface area contributed by atoms with Crippen LogP contribution < -0.4 is 5.56 Å². The van der Waals surface area contributed by atoms with Gasteiger partial charge in [-0.3, -0.25) is 9.48 Å². The Hall–Kier alpha value is -3.22. The number of benzene rings is 1. The predicted molar refractivity (Wildman–Crippen MR) is 110 cm³/mol. The van der Waals surface area contributed by atoms with Gasteiger partial charge in [0.25, 0.3) is 5.56 Å². The van der Waals surface area contributed by atoms with Crippen LogP contribution >= 0.6 is 0 Å². The van der Waals surface area contributed by atoms with Gasteiger partial charge in [0.1, 0.15) is 11.1 Å². The molecule has 0 amide bonds. The number of nitrogens with one attached hydrogen (secondary N) is 1. The van der Waals surface area contributed by atoms with E-state index in [9.17, 15) is 4.79 Å². The summed E-state index contributed by atoms with van der Waals surface area (Å²) in [6.45, 7) is 5.14. The first-order valence-corrected chi connectivity index (χ1v) is 10.2. The summed E-state index contributed by atoms with van der Waals surface area (Å²) < 4.78 is 3.79. The normalized spacial score (nSPS) is 15.9. The van der Waals surface area contributed by atoms with Gasteiger partial charge in [0, 0.05) is 18.4 Å². The van der Waals surface area contributed by atoms with Crippen molar-refractivity contribution < 1.29 is 0 Å². The van der Waals surface area contributed by atoms with Crippen LogP contribution in [0.3, 0.4) is 0 Å². The molecule has 0 bridgehead atoms. The van der Waals surface area contributed by atoms with E-state index in [1.54, 1.807) is 10.9 Å². The Kier molecular flexibility index (Phi) is 3.39. The van der Waals surface area contributed by atoms with Crippen molar-refractivity contribution in [1.82, 2.24) is 29.5 Å². The van der Waals surface area contributed by atoms with Crippen molar-refractivity contribution in [3.05, 3.63) is 57.1 Å². The molecule has 0 saturated heterocycles. The quantitative estimate of drug-likeness (QED) is 0.585. The molecule has 4 aromatic rings. The molecule has 1 aromatic carbocycles. The Bertz CT molecular complexity index is 1290. The van der Waals surface area contributed by atoms with Gasteiger partial charge in [0.05, 0.1) is 5.69 Å². The van der Waals surface area contributed by atoms with Crippen molar-refractivity contribution >= 4 is 11.0 Å². The number of aromatic amines is 1. The number of H-pyrrole nitrogens is 1. The van der Waals surface area contributed by atoms with Gasteiger partial charge >= 0.3 is 0 Å². The lowest BCUT2D eigenvalue weighted by molar-refractivity contribution is 0.658.